The average Bonchev–Trinajstić information content (AvgIpc) is 2.94. The number of aryl methyl sites for hydroxylation is 1. The first-order chi connectivity index (χ1) is 10.4. The van der Waals surface area contributed by atoms with E-state index < -0.39 is 0 Å². The highest BCUT2D eigenvalue weighted by Crippen LogP contribution is 2.28. The molecular formula is C17H24N2O3. The highest BCUT2D eigenvalue weighted by Gasteiger charge is 2.35. The van der Waals surface area contributed by atoms with E-state index in [1.807, 2.05) is 26.0 Å². The quantitative estimate of drug-likeness (QED) is 0.858. The number of carbonyl (C=O) groups excluding carboxylic acids is 1. The number of benzene rings is 1. The Morgan fingerprint density at radius 2 is 2.14 bits per heavy atom. The molecule has 2 rings (SSSR count). The number of hydrogen-bond donors (Lipinski definition) is 0. The molecule has 0 saturated carbocycles. The maximum absolute atomic E-state index is 11.8. The fraction of sp³-hybridized carbons (Fsp3) is 0.529. The van der Waals surface area contributed by atoms with Crippen LogP contribution in [0.15, 0.2) is 17.2 Å². The summed E-state index contributed by atoms with van der Waals surface area (Å²) in [5.74, 6) is 1.36. The molecule has 0 aromatic heterocycles. The zero-order chi connectivity index (χ0) is 16.4. The lowest BCUT2D eigenvalue weighted by molar-refractivity contribution is -0.137. The van der Waals surface area contributed by atoms with E-state index in [0.29, 0.717) is 5.90 Å². The van der Waals surface area contributed by atoms with Gasteiger partial charge >= 0.3 is 0 Å². The summed E-state index contributed by atoms with van der Waals surface area (Å²) in [6.07, 6.45) is 0.568. The van der Waals surface area contributed by atoms with Gasteiger partial charge in [-0.1, -0.05) is 13.8 Å². The maximum atomic E-state index is 11.8. The Morgan fingerprint density at radius 3 is 2.68 bits per heavy atom. The summed E-state index contributed by atoms with van der Waals surface area (Å²) < 4.78 is 11.4. The summed E-state index contributed by atoms with van der Waals surface area (Å²) in [4.78, 5) is 11.8. The first-order valence-electron chi connectivity index (χ1n) is 7.59. The third-order valence-corrected chi connectivity index (χ3v) is 4.21. The van der Waals surface area contributed by atoms with Gasteiger partial charge in [0, 0.05) is 18.4 Å². The normalized spacial score (nSPS) is 18.7. The predicted molar refractivity (Wildman–Crippen MR) is 85.9 cm³/mol. The maximum Gasteiger partial charge on any atom is 0.242 e. The number of carbonyl (C=O) groups is 1. The van der Waals surface area contributed by atoms with Gasteiger partial charge in [-0.05, 0) is 43.5 Å². The van der Waals surface area contributed by atoms with E-state index in [1.54, 1.807) is 7.11 Å². The predicted octanol–water partition coefficient (Wildman–Crippen LogP) is 3.22. The SMILES string of the molecule is CCC(C)C1OC(c2cc(C)c(C)c(OC)c2)=NN1C(C)=O. The van der Waals surface area contributed by atoms with Crippen molar-refractivity contribution in [2.75, 3.05) is 7.11 Å². The van der Waals surface area contributed by atoms with Crippen LogP contribution in [0.5, 0.6) is 5.75 Å². The second kappa shape index (κ2) is 6.38. The molecule has 1 aliphatic heterocycles. The van der Waals surface area contributed by atoms with Gasteiger partial charge in [-0.3, -0.25) is 4.79 Å². The monoisotopic (exact) mass is 304 g/mol. The average molecular weight is 304 g/mol. The molecule has 1 aliphatic rings. The molecule has 120 valence electrons. The zero-order valence-corrected chi connectivity index (χ0v) is 14.1. The Balaban J connectivity index is 2.39. The lowest BCUT2D eigenvalue weighted by Gasteiger charge is -2.24. The lowest BCUT2D eigenvalue weighted by atomic mass is 10.0. The third-order valence-electron chi connectivity index (χ3n) is 4.21. The lowest BCUT2D eigenvalue weighted by Crippen LogP contribution is -2.36. The molecule has 1 aromatic rings. The Kier molecular flexibility index (Phi) is 4.74. The number of hydrogen-bond acceptors (Lipinski definition) is 4. The molecule has 0 aliphatic carbocycles. The number of methoxy groups -OCH3 is 1. The van der Waals surface area contributed by atoms with Gasteiger partial charge in [-0.15, -0.1) is 5.10 Å². The van der Waals surface area contributed by atoms with Crippen molar-refractivity contribution in [1.29, 1.82) is 0 Å². The zero-order valence-electron chi connectivity index (χ0n) is 14.1. The van der Waals surface area contributed by atoms with Crippen LogP contribution in [0.4, 0.5) is 0 Å². The van der Waals surface area contributed by atoms with Crippen LogP contribution in [0.25, 0.3) is 0 Å². The second-order valence-corrected chi connectivity index (χ2v) is 5.78. The van der Waals surface area contributed by atoms with E-state index in [4.69, 9.17) is 9.47 Å². The highest BCUT2D eigenvalue weighted by atomic mass is 16.5. The molecule has 5 nitrogen and oxygen atoms in total. The first kappa shape index (κ1) is 16.3. The molecular weight excluding hydrogens is 280 g/mol. The molecule has 0 radical (unpaired) electrons. The second-order valence-electron chi connectivity index (χ2n) is 5.78. The molecule has 2 atom stereocenters. The van der Waals surface area contributed by atoms with Crippen molar-refractivity contribution in [3.63, 3.8) is 0 Å². The van der Waals surface area contributed by atoms with Crippen LogP contribution in [0.1, 0.15) is 43.9 Å². The summed E-state index contributed by atoms with van der Waals surface area (Å²) in [6, 6.07) is 3.91. The Labute approximate surface area is 131 Å². The largest absolute Gasteiger partial charge is 0.496 e. The Bertz CT molecular complexity index is 610. The summed E-state index contributed by atoms with van der Waals surface area (Å²) in [6.45, 7) is 9.67. The van der Waals surface area contributed by atoms with Gasteiger partial charge < -0.3 is 9.47 Å². The molecule has 0 N–H and O–H groups in total. The van der Waals surface area contributed by atoms with E-state index in [2.05, 4.69) is 18.9 Å². The third kappa shape index (κ3) is 2.93. The van der Waals surface area contributed by atoms with Gasteiger partial charge in [0.2, 0.25) is 11.8 Å². The fourth-order valence-corrected chi connectivity index (χ4v) is 2.44. The topological polar surface area (TPSA) is 51.1 Å². The van der Waals surface area contributed by atoms with Crippen molar-refractivity contribution in [2.24, 2.45) is 11.0 Å². The van der Waals surface area contributed by atoms with Crippen LogP contribution in [0.3, 0.4) is 0 Å². The summed E-state index contributed by atoms with van der Waals surface area (Å²) in [5.41, 5.74) is 3.02. The molecule has 0 saturated heterocycles. The molecule has 5 heteroatoms. The first-order valence-corrected chi connectivity index (χ1v) is 7.59. The van der Waals surface area contributed by atoms with E-state index >= 15 is 0 Å². The van der Waals surface area contributed by atoms with Crippen molar-refractivity contribution in [3.05, 3.63) is 28.8 Å². The Hall–Kier alpha value is -2.04. The smallest absolute Gasteiger partial charge is 0.242 e. The van der Waals surface area contributed by atoms with E-state index in [9.17, 15) is 4.79 Å². The van der Waals surface area contributed by atoms with Crippen LogP contribution >= 0.6 is 0 Å². The number of rotatable bonds is 4. The van der Waals surface area contributed by atoms with E-state index in [-0.39, 0.29) is 18.1 Å². The standard InChI is InChI=1S/C17H24N2O3/c1-7-10(2)17-19(13(5)20)18-16(22-17)14-8-11(3)12(4)15(9-14)21-6/h8-10,17H,7H2,1-6H3. The molecule has 2 unspecified atom stereocenters. The minimum atomic E-state index is -0.342. The van der Waals surface area contributed by atoms with Crippen LogP contribution < -0.4 is 4.74 Å². The van der Waals surface area contributed by atoms with Gasteiger partial charge in [0.1, 0.15) is 5.75 Å². The van der Waals surface area contributed by atoms with Gasteiger partial charge in [0.15, 0.2) is 6.23 Å². The Morgan fingerprint density at radius 1 is 1.45 bits per heavy atom. The van der Waals surface area contributed by atoms with Crippen LogP contribution in [0, 0.1) is 19.8 Å². The number of nitrogens with zero attached hydrogens (tertiary/aromatic N) is 2. The number of hydrazone groups is 1. The van der Waals surface area contributed by atoms with E-state index in [0.717, 1.165) is 28.9 Å². The van der Waals surface area contributed by atoms with Crippen LogP contribution in [0.2, 0.25) is 0 Å². The van der Waals surface area contributed by atoms with Gasteiger partial charge in [0.25, 0.3) is 0 Å². The van der Waals surface area contributed by atoms with Crippen molar-refractivity contribution in [2.45, 2.75) is 47.3 Å². The molecule has 22 heavy (non-hydrogen) atoms. The van der Waals surface area contributed by atoms with Crippen molar-refractivity contribution in [3.8, 4) is 5.75 Å². The van der Waals surface area contributed by atoms with Gasteiger partial charge in [-0.25, -0.2) is 0 Å². The summed E-state index contributed by atoms with van der Waals surface area (Å²) >= 11 is 0. The molecule has 1 heterocycles. The molecule has 0 bridgehead atoms. The van der Waals surface area contributed by atoms with Crippen molar-refractivity contribution < 1.29 is 14.3 Å². The van der Waals surface area contributed by atoms with Crippen molar-refractivity contribution >= 4 is 11.8 Å². The van der Waals surface area contributed by atoms with Gasteiger partial charge in [0.05, 0.1) is 7.11 Å². The van der Waals surface area contributed by atoms with Crippen LogP contribution in [-0.2, 0) is 9.53 Å². The van der Waals surface area contributed by atoms with E-state index in [1.165, 1.54) is 11.9 Å². The van der Waals surface area contributed by atoms with Gasteiger partial charge in [-0.2, -0.15) is 5.01 Å². The fourth-order valence-electron chi connectivity index (χ4n) is 2.44. The molecule has 0 spiro atoms. The molecule has 1 amide bonds. The van der Waals surface area contributed by atoms with Crippen LogP contribution in [-0.4, -0.2) is 30.2 Å². The summed E-state index contributed by atoms with van der Waals surface area (Å²) in [7, 11) is 1.65. The number of amides is 1. The summed E-state index contributed by atoms with van der Waals surface area (Å²) in [5, 5.41) is 5.81. The highest BCUT2D eigenvalue weighted by molar-refractivity contribution is 5.97. The van der Waals surface area contributed by atoms with Crippen molar-refractivity contribution in [1.82, 2.24) is 5.01 Å². The minimum absolute atomic E-state index is 0.115. The molecule has 0 fully saturated rings. The number of ether oxygens (including phenoxy) is 2. The molecule has 1 aromatic carbocycles. The minimum Gasteiger partial charge on any atom is -0.496 e.